The number of anilines is 3. The van der Waals surface area contributed by atoms with Crippen LogP contribution in [-0.4, -0.2) is 67.4 Å². The lowest BCUT2D eigenvalue weighted by atomic mass is 10.1. The number of benzene rings is 1. The first-order valence-electron chi connectivity index (χ1n) is 12.2. The van der Waals surface area contributed by atoms with Crippen LogP contribution < -0.4 is 20.3 Å². The number of nitrogens with zero attached hydrogens (tertiary/aromatic N) is 4. The lowest BCUT2D eigenvalue weighted by Gasteiger charge is -2.20. The highest BCUT2D eigenvalue weighted by atomic mass is 32.2. The van der Waals surface area contributed by atoms with E-state index in [1.807, 2.05) is 0 Å². The van der Waals surface area contributed by atoms with E-state index < -0.39 is 27.6 Å². The summed E-state index contributed by atoms with van der Waals surface area (Å²) in [6.07, 6.45) is -0.403. The van der Waals surface area contributed by atoms with Gasteiger partial charge < -0.3 is 21.1 Å². The molecule has 0 bridgehead atoms. The van der Waals surface area contributed by atoms with Crippen molar-refractivity contribution in [1.29, 1.82) is 0 Å². The molecule has 2 heterocycles. The monoisotopic (exact) mass is 581 g/mol. The summed E-state index contributed by atoms with van der Waals surface area (Å²) in [5, 5.41) is 16.9. The number of alkyl halides is 3. The third-order valence-electron chi connectivity index (χ3n) is 5.74. The molecule has 40 heavy (non-hydrogen) atoms. The SMILES string of the molecule is CN(c1ncccc1CNc1nc(NCCCc2ccc(C(=O)NCCO)cc2)ncc1C(F)(F)F)S(C)(=O)=O. The van der Waals surface area contributed by atoms with Crippen molar-refractivity contribution in [3.63, 3.8) is 0 Å². The molecule has 0 aliphatic carbocycles. The maximum atomic E-state index is 13.6. The van der Waals surface area contributed by atoms with E-state index in [9.17, 15) is 26.4 Å². The molecule has 0 unspecified atom stereocenters. The number of rotatable bonds is 13. The molecule has 3 rings (SSSR count). The number of carbonyl (C=O) groups is 1. The molecule has 0 aliphatic rings. The van der Waals surface area contributed by atoms with Crippen molar-refractivity contribution in [3.8, 4) is 0 Å². The van der Waals surface area contributed by atoms with Gasteiger partial charge in [-0.1, -0.05) is 18.2 Å². The van der Waals surface area contributed by atoms with Gasteiger partial charge in [-0.05, 0) is 36.6 Å². The molecule has 0 aliphatic heterocycles. The number of hydrogen-bond acceptors (Lipinski definition) is 9. The molecular weight excluding hydrogens is 551 g/mol. The first-order valence-corrected chi connectivity index (χ1v) is 14.0. The molecule has 11 nitrogen and oxygen atoms in total. The molecule has 0 atom stereocenters. The molecule has 2 aromatic heterocycles. The van der Waals surface area contributed by atoms with Gasteiger partial charge in [0, 0.05) is 50.2 Å². The van der Waals surface area contributed by atoms with Gasteiger partial charge >= 0.3 is 6.18 Å². The Labute approximate surface area is 229 Å². The van der Waals surface area contributed by atoms with E-state index in [0.717, 1.165) is 16.1 Å². The second-order valence-electron chi connectivity index (χ2n) is 8.73. The van der Waals surface area contributed by atoms with E-state index in [-0.39, 0.29) is 37.4 Å². The molecule has 0 saturated carbocycles. The summed E-state index contributed by atoms with van der Waals surface area (Å²) in [6, 6.07) is 10.1. The number of aliphatic hydroxyl groups excluding tert-OH is 1. The zero-order valence-corrected chi connectivity index (χ0v) is 22.7. The van der Waals surface area contributed by atoms with Crippen molar-refractivity contribution in [1.82, 2.24) is 20.3 Å². The van der Waals surface area contributed by atoms with Crippen LogP contribution in [-0.2, 0) is 29.2 Å². The average Bonchev–Trinajstić information content (AvgIpc) is 2.92. The molecule has 1 amide bonds. The first kappa shape index (κ1) is 30.6. The van der Waals surface area contributed by atoms with Gasteiger partial charge in [0.2, 0.25) is 16.0 Å². The fourth-order valence-electron chi connectivity index (χ4n) is 3.58. The van der Waals surface area contributed by atoms with Gasteiger partial charge in [0.1, 0.15) is 17.2 Å². The molecule has 0 radical (unpaired) electrons. The minimum Gasteiger partial charge on any atom is -0.395 e. The zero-order valence-electron chi connectivity index (χ0n) is 21.9. The van der Waals surface area contributed by atoms with Gasteiger partial charge in [-0.3, -0.25) is 9.10 Å². The molecule has 0 spiro atoms. The van der Waals surface area contributed by atoms with Crippen molar-refractivity contribution in [2.24, 2.45) is 0 Å². The maximum Gasteiger partial charge on any atom is 0.421 e. The van der Waals surface area contributed by atoms with Crippen molar-refractivity contribution < 1.29 is 31.5 Å². The highest BCUT2D eigenvalue weighted by Gasteiger charge is 2.35. The maximum absolute atomic E-state index is 13.6. The van der Waals surface area contributed by atoms with Crippen LogP contribution in [0, 0.1) is 0 Å². The van der Waals surface area contributed by atoms with Crippen LogP contribution in [0.4, 0.5) is 30.8 Å². The third-order valence-corrected chi connectivity index (χ3v) is 6.91. The van der Waals surface area contributed by atoms with Gasteiger partial charge in [-0.15, -0.1) is 0 Å². The number of nitrogens with one attached hydrogen (secondary N) is 3. The number of aryl methyl sites for hydroxylation is 1. The lowest BCUT2D eigenvalue weighted by Crippen LogP contribution is -2.27. The Kier molecular flexibility index (Phi) is 10.2. The molecule has 3 aromatic rings. The van der Waals surface area contributed by atoms with Crippen LogP contribution in [0.2, 0.25) is 0 Å². The highest BCUT2D eigenvalue weighted by Crippen LogP contribution is 2.34. The molecule has 15 heteroatoms. The van der Waals surface area contributed by atoms with E-state index in [1.165, 1.54) is 13.2 Å². The predicted molar refractivity (Wildman–Crippen MR) is 145 cm³/mol. The largest absolute Gasteiger partial charge is 0.421 e. The van der Waals surface area contributed by atoms with Gasteiger partial charge in [0.15, 0.2) is 0 Å². The summed E-state index contributed by atoms with van der Waals surface area (Å²) < 4.78 is 65.7. The molecule has 1 aromatic carbocycles. The number of carbonyl (C=O) groups excluding carboxylic acids is 1. The second kappa shape index (κ2) is 13.4. The average molecular weight is 582 g/mol. The smallest absolute Gasteiger partial charge is 0.395 e. The molecule has 216 valence electrons. The first-order chi connectivity index (χ1) is 18.9. The quantitative estimate of drug-likeness (QED) is 0.224. The van der Waals surface area contributed by atoms with Gasteiger partial charge in [-0.25, -0.2) is 18.4 Å². The van der Waals surface area contributed by atoms with E-state index in [2.05, 4.69) is 30.9 Å². The summed E-state index contributed by atoms with van der Waals surface area (Å²) in [4.78, 5) is 23.8. The summed E-state index contributed by atoms with van der Waals surface area (Å²) >= 11 is 0. The summed E-state index contributed by atoms with van der Waals surface area (Å²) in [7, 11) is -2.34. The predicted octanol–water partition coefficient (Wildman–Crippen LogP) is 2.67. The standard InChI is InChI=1S/C25H30F3N7O4S/c1-35(40(2,38)39)22-19(6-4-11-29-22)15-32-21-20(25(26,27)28)16-33-24(34-21)31-12-3-5-17-7-9-18(10-8-17)23(37)30-13-14-36/h4,6-11,16,36H,3,5,12-15H2,1-2H3,(H,30,37)(H2,31,32,33,34). The number of halogens is 3. The van der Waals surface area contributed by atoms with Crippen LogP contribution in [0.25, 0.3) is 0 Å². The van der Waals surface area contributed by atoms with Crippen molar-refractivity contribution in [2.75, 3.05) is 47.9 Å². The highest BCUT2D eigenvalue weighted by molar-refractivity contribution is 7.92. The lowest BCUT2D eigenvalue weighted by molar-refractivity contribution is -0.137. The van der Waals surface area contributed by atoms with Crippen LogP contribution in [0.3, 0.4) is 0 Å². The third kappa shape index (κ3) is 8.51. The van der Waals surface area contributed by atoms with Crippen LogP contribution in [0.1, 0.15) is 33.5 Å². The van der Waals surface area contributed by atoms with E-state index >= 15 is 0 Å². The minimum absolute atomic E-state index is 0.00827. The Morgan fingerprint density at radius 2 is 1.80 bits per heavy atom. The Morgan fingerprint density at radius 3 is 2.45 bits per heavy atom. The molecule has 4 N–H and O–H groups in total. The normalized spacial score (nSPS) is 11.7. The summed E-state index contributed by atoms with van der Waals surface area (Å²) in [6.45, 7) is 0.220. The Balaban J connectivity index is 1.64. The van der Waals surface area contributed by atoms with E-state index in [1.54, 1.807) is 36.4 Å². The van der Waals surface area contributed by atoms with Crippen molar-refractivity contribution in [2.45, 2.75) is 25.6 Å². The Hall–Kier alpha value is -3.98. The summed E-state index contributed by atoms with van der Waals surface area (Å²) in [5.41, 5.74) is 0.717. The van der Waals surface area contributed by atoms with Crippen LogP contribution >= 0.6 is 0 Å². The number of amides is 1. The van der Waals surface area contributed by atoms with E-state index in [0.29, 0.717) is 36.7 Å². The fraction of sp³-hybridized carbons (Fsp3) is 0.360. The minimum atomic E-state index is -4.72. The molecule has 0 fully saturated rings. The van der Waals surface area contributed by atoms with Gasteiger partial charge in [0.25, 0.3) is 5.91 Å². The fourth-order valence-corrected chi connectivity index (χ4v) is 4.06. The van der Waals surface area contributed by atoms with E-state index in [4.69, 9.17) is 5.11 Å². The van der Waals surface area contributed by atoms with Crippen LogP contribution in [0.5, 0.6) is 0 Å². The Bertz CT molecular complexity index is 1400. The topological polar surface area (TPSA) is 149 Å². The van der Waals surface area contributed by atoms with Gasteiger partial charge in [-0.2, -0.15) is 18.2 Å². The zero-order chi connectivity index (χ0) is 29.3. The molecular formula is C25H30F3N7O4S. The number of pyridine rings is 1. The number of sulfonamides is 1. The van der Waals surface area contributed by atoms with Crippen molar-refractivity contribution in [3.05, 3.63) is 71.0 Å². The second-order valence-corrected chi connectivity index (χ2v) is 10.7. The summed E-state index contributed by atoms with van der Waals surface area (Å²) in [5.74, 6) is -0.673. The Morgan fingerprint density at radius 1 is 1.07 bits per heavy atom. The van der Waals surface area contributed by atoms with Crippen molar-refractivity contribution >= 4 is 33.5 Å². The number of aromatic nitrogens is 3. The number of hydrogen-bond donors (Lipinski definition) is 4. The van der Waals surface area contributed by atoms with Gasteiger partial charge in [0.05, 0.1) is 12.9 Å². The van der Waals surface area contributed by atoms with Crippen LogP contribution in [0.15, 0.2) is 48.8 Å². The number of aliphatic hydroxyl groups is 1. The molecule has 0 saturated heterocycles.